The van der Waals surface area contributed by atoms with Gasteiger partial charge in [0.25, 0.3) is 0 Å². The third-order valence-corrected chi connectivity index (χ3v) is 4.69. The highest BCUT2D eigenvalue weighted by molar-refractivity contribution is 4.96. The first-order chi connectivity index (χ1) is 8.61. The van der Waals surface area contributed by atoms with Crippen LogP contribution in [0, 0.1) is 5.92 Å². The number of likely N-dealkylation sites (N-methyl/N-ethyl adjacent to an activating group) is 1. The molecule has 108 valence electrons. The third kappa shape index (κ3) is 3.67. The number of rotatable bonds is 7. The lowest BCUT2D eigenvalue weighted by molar-refractivity contribution is -0.00744. The summed E-state index contributed by atoms with van der Waals surface area (Å²) in [5, 5.41) is 18.7. The van der Waals surface area contributed by atoms with Crippen molar-refractivity contribution >= 4 is 0 Å². The molecule has 1 rings (SSSR count). The Morgan fingerprint density at radius 2 is 1.94 bits per heavy atom. The van der Waals surface area contributed by atoms with Gasteiger partial charge in [-0.05, 0) is 38.1 Å². The Morgan fingerprint density at radius 1 is 1.33 bits per heavy atom. The fourth-order valence-electron chi connectivity index (χ4n) is 3.24. The second-order valence-electron chi connectivity index (χ2n) is 5.66. The Labute approximate surface area is 111 Å². The zero-order chi connectivity index (χ0) is 13.6. The normalized spacial score (nSPS) is 30.7. The molecule has 0 radical (unpaired) electrons. The molecule has 0 aromatic heterocycles. The summed E-state index contributed by atoms with van der Waals surface area (Å²) in [6.07, 6.45) is 5.31. The van der Waals surface area contributed by atoms with Gasteiger partial charge in [0.15, 0.2) is 0 Å². The van der Waals surface area contributed by atoms with E-state index in [2.05, 4.69) is 18.7 Å². The van der Waals surface area contributed by atoms with Crippen molar-refractivity contribution < 1.29 is 10.2 Å². The van der Waals surface area contributed by atoms with Crippen molar-refractivity contribution in [3.63, 3.8) is 0 Å². The summed E-state index contributed by atoms with van der Waals surface area (Å²) in [5.41, 5.74) is 6.07. The van der Waals surface area contributed by atoms with Crippen LogP contribution in [0.1, 0.15) is 46.0 Å². The minimum atomic E-state index is -0.655. The van der Waals surface area contributed by atoms with Gasteiger partial charge in [-0.2, -0.15) is 0 Å². The van der Waals surface area contributed by atoms with Gasteiger partial charge in [-0.25, -0.2) is 0 Å². The van der Waals surface area contributed by atoms with E-state index < -0.39 is 6.10 Å². The van der Waals surface area contributed by atoms with Crippen molar-refractivity contribution in [1.29, 1.82) is 0 Å². The van der Waals surface area contributed by atoms with Crippen LogP contribution in [-0.4, -0.2) is 53.0 Å². The molecule has 0 amide bonds. The molecule has 0 aromatic rings. The highest BCUT2D eigenvalue weighted by Gasteiger charge is 2.38. The molecule has 0 heterocycles. The molecule has 4 heteroatoms. The molecule has 1 atom stereocenters. The van der Waals surface area contributed by atoms with E-state index in [1.807, 2.05) is 0 Å². The van der Waals surface area contributed by atoms with Crippen LogP contribution < -0.4 is 5.73 Å². The molecule has 0 aliphatic heterocycles. The molecule has 1 aliphatic carbocycles. The maximum atomic E-state index is 9.67. The molecular weight excluding hydrogens is 228 g/mol. The number of aliphatic hydroxyl groups excluding tert-OH is 2. The predicted molar refractivity (Wildman–Crippen MR) is 74.4 cm³/mol. The Bertz CT molecular complexity index is 228. The molecule has 18 heavy (non-hydrogen) atoms. The maximum Gasteiger partial charge on any atom is 0.0897 e. The zero-order valence-corrected chi connectivity index (χ0v) is 11.9. The smallest absolute Gasteiger partial charge is 0.0897 e. The van der Waals surface area contributed by atoms with Gasteiger partial charge in [0.05, 0.1) is 12.7 Å². The van der Waals surface area contributed by atoms with E-state index >= 15 is 0 Å². The molecule has 4 N–H and O–H groups in total. The summed E-state index contributed by atoms with van der Waals surface area (Å²) in [5.74, 6) is 0.839. The van der Waals surface area contributed by atoms with E-state index in [4.69, 9.17) is 10.8 Å². The van der Waals surface area contributed by atoms with Gasteiger partial charge in [0.1, 0.15) is 0 Å². The lowest BCUT2D eigenvalue weighted by Gasteiger charge is -2.48. The lowest BCUT2D eigenvalue weighted by Crippen LogP contribution is -2.57. The van der Waals surface area contributed by atoms with Crippen LogP contribution in [0.3, 0.4) is 0 Å². The largest absolute Gasteiger partial charge is 0.394 e. The van der Waals surface area contributed by atoms with Crippen LogP contribution in [0.15, 0.2) is 0 Å². The van der Waals surface area contributed by atoms with Crippen molar-refractivity contribution in [3.05, 3.63) is 0 Å². The summed E-state index contributed by atoms with van der Waals surface area (Å²) in [6.45, 7) is 6.25. The van der Waals surface area contributed by atoms with Crippen molar-refractivity contribution in [2.45, 2.75) is 57.6 Å². The van der Waals surface area contributed by atoms with Crippen molar-refractivity contribution in [1.82, 2.24) is 4.90 Å². The monoisotopic (exact) mass is 258 g/mol. The van der Waals surface area contributed by atoms with Gasteiger partial charge in [0.2, 0.25) is 0 Å². The summed E-state index contributed by atoms with van der Waals surface area (Å²) >= 11 is 0. The molecule has 0 bridgehead atoms. The van der Waals surface area contributed by atoms with Gasteiger partial charge in [0, 0.05) is 18.6 Å². The van der Waals surface area contributed by atoms with Gasteiger partial charge >= 0.3 is 0 Å². The van der Waals surface area contributed by atoms with Crippen molar-refractivity contribution in [2.24, 2.45) is 11.7 Å². The second-order valence-corrected chi connectivity index (χ2v) is 5.66. The van der Waals surface area contributed by atoms with E-state index in [9.17, 15) is 5.11 Å². The SMILES string of the molecule is CCC1CCC(CN)(N(CC)CC(O)CO)CC1. The number of nitrogens with two attached hydrogens (primary N) is 1. The Hall–Kier alpha value is -0.160. The van der Waals surface area contributed by atoms with Crippen molar-refractivity contribution in [2.75, 3.05) is 26.2 Å². The lowest BCUT2D eigenvalue weighted by atomic mass is 9.74. The molecule has 1 aliphatic rings. The predicted octanol–water partition coefficient (Wildman–Crippen LogP) is 0.959. The molecule has 4 nitrogen and oxygen atoms in total. The molecule has 0 saturated heterocycles. The summed E-state index contributed by atoms with van der Waals surface area (Å²) in [7, 11) is 0. The fourth-order valence-corrected chi connectivity index (χ4v) is 3.24. The summed E-state index contributed by atoms with van der Waals surface area (Å²) in [6, 6.07) is 0. The Morgan fingerprint density at radius 3 is 2.33 bits per heavy atom. The first-order valence-electron chi connectivity index (χ1n) is 7.35. The zero-order valence-electron chi connectivity index (χ0n) is 11.9. The van der Waals surface area contributed by atoms with E-state index in [-0.39, 0.29) is 12.1 Å². The number of hydrogen-bond donors (Lipinski definition) is 3. The Balaban J connectivity index is 2.67. The average Bonchev–Trinajstić information content (AvgIpc) is 2.44. The fraction of sp³-hybridized carbons (Fsp3) is 1.00. The molecule has 1 fully saturated rings. The highest BCUT2D eigenvalue weighted by Crippen LogP contribution is 2.37. The summed E-state index contributed by atoms with van der Waals surface area (Å²) < 4.78 is 0. The first-order valence-corrected chi connectivity index (χ1v) is 7.35. The van der Waals surface area contributed by atoms with Gasteiger partial charge in [-0.1, -0.05) is 20.3 Å². The van der Waals surface area contributed by atoms with Gasteiger partial charge in [-0.15, -0.1) is 0 Å². The number of hydrogen-bond acceptors (Lipinski definition) is 4. The molecule has 1 saturated carbocycles. The van der Waals surface area contributed by atoms with Crippen LogP contribution in [0.4, 0.5) is 0 Å². The summed E-state index contributed by atoms with van der Waals surface area (Å²) in [4.78, 5) is 2.28. The highest BCUT2D eigenvalue weighted by atomic mass is 16.3. The standard InChI is InChI=1S/C14H30N2O2/c1-3-12-5-7-14(11-15,8-6-12)16(4-2)9-13(18)10-17/h12-13,17-18H,3-11,15H2,1-2H3. The van der Waals surface area contributed by atoms with Crippen LogP contribution in [0.5, 0.6) is 0 Å². The van der Waals surface area contributed by atoms with Crippen LogP contribution in [0.25, 0.3) is 0 Å². The second kappa shape index (κ2) is 7.43. The minimum Gasteiger partial charge on any atom is -0.394 e. The quantitative estimate of drug-likeness (QED) is 0.636. The number of β-amino-alcohol motifs (C(OH)–C–C–N with tert-alkyl or cyclic N) is 1. The minimum absolute atomic E-state index is 0.0383. The van der Waals surface area contributed by atoms with Crippen LogP contribution >= 0.6 is 0 Å². The van der Waals surface area contributed by atoms with Gasteiger partial charge in [-0.3, -0.25) is 4.90 Å². The van der Waals surface area contributed by atoms with E-state index in [1.54, 1.807) is 0 Å². The average molecular weight is 258 g/mol. The third-order valence-electron chi connectivity index (χ3n) is 4.69. The van der Waals surface area contributed by atoms with E-state index in [0.717, 1.165) is 25.3 Å². The van der Waals surface area contributed by atoms with Crippen LogP contribution in [-0.2, 0) is 0 Å². The maximum absolute atomic E-state index is 9.67. The molecule has 0 spiro atoms. The number of nitrogens with zero attached hydrogens (tertiary/aromatic N) is 1. The van der Waals surface area contributed by atoms with E-state index in [1.165, 1.54) is 19.3 Å². The molecular formula is C14H30N2O2. The first kappa shape index (κ1) is 15.9. The molecule has 1 unspecified atom stereocenters. The molecule has 0 aromatic carbocycles. The van der Waals surface area contributed by atoms with Crippen molar-refractivity contribution in [3.8, 4) is 0 Å². The van der Waals surface area contributed by atoms with E-state index in [0.29, 0.717) is 13.1 Å². The van der Waals surface area contributed by atoms with Crippen LogP contribution in [0.2, 0.25) is 0 Å². The topological polar surface area (TPSA) is 69.7 Å². The van der Waals surface area contributed by atoms with Gasteiger partial charge < -0.3 is 15.9 Å². The number of aliphatic hydroxyl groups is 2. The Kier molecular flexibility index (Phi) is 6.57.